The van der Waals surface area contributed by atoms with E-state index in [-0.39, 0.29) is 6.79 Å². The number of likely N-dealkylation sites (tertiary alicyclic amines) is 1. The largest absolute Gasteiger partial charge is 0.493 e. The molecule has 182 valence electrons. The van der Waals surface area contributed by atoms with Gasteiger partial charge in [-0.3, -0.25) is 9.88 Å². The molecular formula is C29H28N4O3. The minimum atomic E-state index is 0.240. The highest BCUT2D eigenvalue weighted by Crippen LogP contribution is 2.42. The fourth-order valence-corrected chi connectivity index (χ4v) is 5.08. The maximum atomic E-state index is 5.61. The number of pyridine rings is 1. The molecule has 0 amide bonds. The Kier molecular flexibility index (Phi) is 6.22. The summed E-state index contributed by atoms with van der Waals surface area (Å²) >= 11 is 0. The lowest BCUT2D eigenvalue weighted by atomic mass is 9.88. The van der Waals surface area contributed by atoms with Crippen LogP contribution in [0.1, 0.15) is 30.0 Å². The van der Waals surface area contributed by atoms with Crippen LogP contribution in [0, 0.1) is 0 Å². The molecule has 2 aromatic carbocycles. The summed E-state index contributed by atoms with van der Waals surface area (Å²) in [4.78, 5) is 16.5. The van der Waals surface area contributed by atoms with Gasteiger partial charge in [0.05, 0.1) is 12.8 Å². The van der Waals surface area contributed by atoms with Crippen LogP contribution in [0.4, 0.5) is 0 Å². The smallest absolute Gasteiger partial charge is 0.231 e. The minimum absolute atomic E-state index is 0.240. The van der Waals surface area contributed by atoms with Crippen LogP contribution in [0.2, 0.25) is 0 Å². The Hall–Kier alpha value is -3.97. The maximum Gasteiger partial charge on any atom is 0.231 e. The highest BCUT2D eigenvalue weighted by atomic mass is 16.7. The van der Waals surface area contributed by atoms with E-state index in [0.717, 1.165) is 72.2 Å². The van der Waals surface area contributed by atoms with Crippen LogP contribution in [-0.2, 0) is 6.54 Å². The second-order valence-corrected chi connectivity index (χ2v) is 9.18. The average molecular weight is 481 g/mol. The molecule has 2 aliphatic rings. The first kappa shape index (κ1) is 22.5. The Labute approximate surface area is 210 Å². The Morgan fingerprint density at radius 1 is 0.972 bits per heavy atom. The first-order valence-corrected chi connectivity index (χ1v) is 12.3. The number of fused-ring (bicyclic) bond motifs is 1. The van der Waals surface area contributed by atoms with E-state index in [1.165, 1.54) is 5.56 Å². The van der Waals surface area contributed by atoms with E-state index < -0.39 is 0 Å². The first-order chi connectivity index (χ1) is 17.8. The quantitative estimate of drug-likeness (QED) is 0.370. The van der Waals surface area contributed by atoms with E-state index in [1.54, 1.807) is 13.3 Å². The molecule has 2 aromatic heterocycles. The third kappa shape index (κ3) is 4.50. The number of hydrogen-bond acceptors (Lipinski definition) is 7. The van der Waals surface area contributed by atoms with Gasteiger partial charge in [-0.2, -0.15) is 0 Å². The molecule has 0 atom stereocenters. The molecule has 4 heterocycles. The topological polar surface area (TPSA) is 69.6 Å². The second-order valence-electron chi connectivity index (χ2n) is 9.18. The molecule has 2 aliphatic heterocycles. The lowest BCUT2D eigenvalue weighted by Crippen LogP contribution is -2.33. The number of nitrogens with zero attached hydrogens (tertiary/aromatic N) is 4. The van der Waals surface area contributed by atoms with E-state index in [9.17, 15) is 0 Å². The van der Waals surface area contributed by atoms with Crippen molar-refractivity contribution < 1.29 is 14.2 Å². The fourth-order valence-electron chi connectivity index (χ4n) is 5.08. The van der Waals surface area contributed by atoms with E-state index in [0.29, 0.717) is 11.7 Å². The van der Waals surface area contributed by atoms with Crippen molar-refractivity contribution in [2.75, 3.05) is 27.0 Å². The fraction of sp³-hybridized carbons (Fsp3) is 0.276. The van der Waals surface area contributed by atoms with Crippen LogP contribution in [0.25, 0.3) is 22.5 Å². The van der Waals surface area contributed by atoms with Gasteiger partial charge in [0.25, 0.3) is 0 Å². The summed E-state index contributed by atoms with van der Waals surface area (Å²) in [7, 11) is 1.67. The van der Waals surface area contributed by atoms with Gasteiger partial charge in [-0.25, -0.2) is 9.97 Å². The van der Waals surface area contributed by atoms with Crippen LogP contribution in [0.5, 0.6) is 17.2 Å². The Morgan fingerprint density at radius 2 is 1.81 bits per heavy atom. The van der Waals surface area contributed by atoms with Gasteiger partial charge in [0.2, 0.25) is 12.5 Å². The summed E-state index contributed by atoms with van der Waals surface area (Å²) in [6, 6.07) is 18.5. The summed E-state index contributed by atoms with van der Waals surface area (Å²) < 4.78 is 16.7. The van der Waals surface area contributed by atoms with E-state index in [1.807, 2.05) is 30.6 Å². The third-order valence-corrected chi connectivity index (χ3v) is 6.92. The van der Waals surface area contributed by atoms with Crippen LogP contribution in [-0.4, -0.2) is 46.8 Å². The number of piperidine rings is 1. The van der Waals surface area contributed by atoms with E-state index in [4.69, 9.17) is 24.2 Å². The monoisotopic (exact) mass is 480 g/mol. The van der Waals surface area contributed by atoms with Crippen molar-refractivity contribution >= 4 is 0 Å². The van der Waals surface area contributed by atoms with Crippen molar-refractivity contribution in [1.82, 2.24) is 19.9 Å². The third-order valence-electron chi connectivity index (χ3n) is 6.92. The second kappa shape index (κ2) is 9.95. The van der Waals surface area contributed by atoms with Gasteiger partial charge in [-0.05, 0) is 61.3 Å². The Bertz CT molecular complexity index is 1340. The van der Waals surface area contributed by atoms with Gasteiger partial charge in [0.1, 0.15) is 0 Å². The molecule has 1 saturated heterocycles. The molecule has 0 bridgehead atoms. The Morgan fingerprint density at radius 3 is 2.58 bits per heavy atom. The first-order valence-electron chi connectivity index (χ1n) is 12.3. The summed E-state index contributed by atoms with van der Waals surface area (Å²) in [6.45, 7) is 3.06. The van der Waals surface area contributed by atoms with Gasteiger partial charge >= 0.3 is 0 Å². The summed E-state index contributed by atoms with van der Waals surface area (Å²) in [6.07, 6.45) is 7.64. The minimum Gasteiger partial charge on any atom is -0.493 e. The van der Waals surface area contributed by atoms with Gasteiger partial charge in [-0.1, -0.05) is 30.3 Å². The van der Waals surface area contributed by atoms with Crippen molar-refractivity contribution in [3.63, 3.8) is 0 Å². The lowest BCUT2D eigenvalue weighted by Gasteiger charge is -2.32. The highest BCUT2D eigenvalue weighted by molar-refractivity contribution is 5.67. The SMILES string of the molecule is COc1cc(CN2CCC(c3nc(-c4cccnc4)ncc3-c3ccccc3)CC2)cc2c1OCO2. The highest BCUT2D eigenvalue weighted by Gasteiger charge is 2.26. The van der Waals surface area contributed by atoms with E-state index >= 15 is 0 Å². The van der Waals surface area contributed by atoms with E-state index in [2.05, 4.69) is 46.3 Å². The van der Waals surface area contributed by atoms with Crippen molar-refractivity contribution in [2.24, 2.45) is 0 Å². The summed E-state index contributed by atoms with van der Waals surface area (Å²) in [5, 5.41) is 0. The summed E-state index contributed by atoms with van der Waals surface area (Å²) in [5.74, 6) is 3.28. The zero-order valence-corrected chi connectivity index (χ0v) is 20.3. The van der Waals surface area contributed by atoms with Crippen molar-refractivity contribution in [2.45, 2.75) is 25.3 Å². The summed E-state index contributed by atoms with van der Waals surface area (Å²) in [5.41, 5.74) is 5.50. The molecule has 0 spiro atoms. The molecule has 0 aliphatic carbocycles. The average Bonchev–Trinajstić information content (AvgIpc) is 3.42. The Balaban J connectivity index is 1.23. The molecule has 0 N–H and O–H groups in total. The molecule has 7 nitrogen and oxygen atoms in total. The van der Waals surface area contributed by atoms with Crippen molar-refractivity contribution in [3.05, 3.63) is 84.4 Å². The van der Waals surface area contributed by atoms with Gasteiger partial charge in [0, 0.05) is 42.2 Å². The normalized spacial score (nSPS) is 15.7. The standard InChI is InChI=1S/C29H28N4O3/c1-34-25-14-20(15-26-28(25)36-19-35-26)18-33-12-9-22(10-13-33)27-24(21-6-3-2-4-7-21)17-31-29(32-27)23-8-5-11-30-16-23/h2-8,11,14-17,22H,9-10,12-13,18-19H2,1H3. The number of benzene rings is 2. The number of aromatic nitrogens is 3. The molecule has 7 heteroatoms. The molecule has 0 unspecified atom stereocenters. The number of rotatable bonds is 6. The van der Waals surface area contributed by atoms with Crippen LogP contribution < -0.4 is 14.2 Å². The molecule has 0 saturated carbocycles. The molecule has 0 radical (unpaired) electrons. The zero-order chi connectivity index (χ0) is 24.3. The van der Waals surface area contributed by atoms with Crippen LogP contribution in [0.3, 0.4) is 0 Å². The molecule has 4 aromatic rings. The number of hydrogen-bond donors (Lipinski definition) is 0. The van der Waals surface area contributed by atoms with Gasteiger partial charge in [-0.15, -0.1) is 0 Å². The van der Waals surface area contributed by atoms with Crippen LogP contribution >= 0.6 is 0 Å². The number of ether oxygens (including phenoxy) is 3. The van der Waals surface area contributed by atoms with Gasteiger partial charge < -0.3 is 14.2 Å². The lowest BCUT2D eigenvalue weighted by molar-refractivity contribution is 0.171. The molecule has 6 rings (SSSR count). The molecule has 36 heavy (non-hydrogen) atoms. The predicted molar refractivity (Wildman–Crippen MR) is 137 cm³/mol. The van der Waals surface area contributed by atoms with Crippen molar-refractivity contribution in [1.29, 1.82) is 0 Å². The van der Waals surface area contributed by atoms with Crippen LogP contribution in [0.15, 0.2) is 73.2 Å². The zero-order valence-electron chi connectivity index (χ0n) is 20.3. The maximum absolute atomic E-state index is 5.61. The predicted octanol–water partition coefficient (Wildman–Crippen LogP) is 5.32. The molecular weight excluding hydrogens is 452 g/mol. The van der Waals surface area contributed by atoms with Crippen molar-refractivity contribution in [3.8, 4) is 39.8 Å². The van der Waals surface area contributed by atoms with Gasteiger partial charge in [0.15, 0.2) is 17.3 Å². The number of methoxy groups -OCH3 is 1. The molecule has 1 fully saturated rings.